The fourth-order valence-corrected chi connectivity index (χ4v) is 5.21. The van der Waals surface area contributed by atoms with Gasteiger partial charge in [0.05, 0.1) is 26.9 Å². The first-order chi connectivity index (χ1) is 22.3. The number of hydrogen-bond acceptors (Lipinski definition) is 10. The van der Waals surface area contributed by atoms with E-state index in [0.29, 0.717) is 59.2 Å². The van der Waals surface area contributed by atoms with Gasteiger partial charge in [-0.2, -0.15) is 4.98 Å². The Morgan fingerprint density at radius 1 is 0.957 bits per heavy atom. The number of fused-ring (bicyclic) bond motifs is 1. The molecular weight excluding hydrogens is 595 g/mol. The van der Waals surface area contributed by atoms with Crippen LogP contribution in [-0.2, 0) is 14.3 Å². The summed E-state index contributed by atoms with van der Waals surface area (Å²) in [7, 11) is 1.52. The number of nitrogens with zero attached hydrogens (tertiary/aromatic N) is 4. The molecule has 2 aromatic carbocycles. The van der Waals surface area contributed by atoms with Crippen LogP contribution in [0.2, 0.25) is 0 Å². The Balaban J connectivity index is 1.10. The maximum atomic E-state index is 13.2. The minimum absolute atomic E-state index is 0.233. The zero-order valence-corrected chi connectivity index (χ0v) is 25.7. The molecule has 2 fully saturated rings. The van der Waals surface area contributed by atoms with Gasteiger partial charge >= 0.3 is 0 Å². The zero-order valence-electron chi connectivity index (χ0n) is 25.7. The fraction of sp³-hybridized carbons (Fsp3) is 0.364. The number of pyridine rings is 1. The number of carbonyl (C=O) groups excluding carboxylic acids is 2. The monoisotopic (exact) mass is 630 g/mol. The highest BCUT2D eigenvalue weighted by atomic mass is 19.1. The summed E-state index contributed by atoms with van der Waals surface area (Å²) in [6, 6.07) is 12.3. The number of aryl methyl sites for hydroxylation is 1. The summed E-state index contributed by atoms with van der Waals surface area (Å²) >= 11 is 0. The number of rotatable bonds is 12. The number of anilines is 2. The lowest BCUT2D eigenvalue weighted by Gasteiger charge is -2.26. The number of morpholine rings is 1. The Morgan fingerprint density at radius 2 is 1.67 bits per heavy atom. The van der Waals surface area contributed by atoms with Crippen molar-refractivity contribution in [3.8, 4) is 23.3 Å². The van der Waals surface area contributed by atoms with Gasteiger partial charge in [-0.3, -0.25) is 14.5 Å². The quantitative estimate of drug-likeness (QED) is 0.167. The van der Waals surface area contributed by atoms with Gasteiger partial charge < -0.3 is 29.6 Å². The predicted octanol–water partition coefficient (Wildman–Crippen LogP) is 4.73. The number of halogens is 1. The third kappa shape index (κ3) is 7.00. The smallest absolute Gasteiger partial charge is 0.257 e. The van der Waals surface area contributed by atoms with Crippen molar-refractivity contribution in [2.45, 2.75) is 26.2 Å². The highest BCUT2D eigenvalue weighted by Crippen LogP contribution is 2.47. The molecule has 13 heteroatoms. The molecule has 2 amide bonds. The van der Waals surface area contributed by atoms with Crippen LogP contribution in [0.1, 0.15) is 24.8 Å². The Labute approximate surface area is 265 Å². The van der Waals surface area contributed by atoms with E-state index in [1.54, 1.807) is 24.3 Å². The summed E-state index contributed by atoms with van der Waals surface area (Å²) in [6.45, 7) is 6.62. The van der Waals surface area contributed by atoms with Gasteiger partial charge in [0.2, 0.25) is 17.7 Å². The van der Waals surface area contributed by atoms with Crippen LogP contribution in [0.5, 0.6) is 23.3 Å². The van der Waals surface area contributed by atoms with Crippen LogP contribution >= 0.6 is 0 Å². The molecule has 1 saturated carbocycles. The van der Waals surface area contributed by atoms with Crippen molar-refractivity contribution in [2.24, 2.45) is 5.41 Å². The number of ether oxygens (including phenoxy) is 4. The van der Waals surface area contributed by atoms with Gasteiger partial charge in [0, 0.05) is 37.1 Å². The SMILES string of the molecule is COc1nc2c(Oc3ccc(NC(=O)C4(C(=O)Nc5ccc(F)cc5)CC4)cc3C)ncnc2cc1OCCCN1CCOCC1. The molecule has 1 saturated heterocycles. The molecule has 46 heavy (non-hydrogen) atoms. The first-order valence-electron chi connectivity index (χ1n) is 15.1. The van der Waals surface area contributed by atoms with Crippen molar-refractivity contribution in [1.82, 2.24) is 19.9 Å². The van der Waals surface area contributed by atoms with Gasteiger partial charge in [-0.25, -0.2) is 14.4 Å². The number of amides is 2. The van der Waals surface area contributed by atoms with Crippen molar-refractivity contribution < 1.29 is 32.9 Å². The lowest BCUT2D eigenvalue weighted by atomic mass is 10.0. The first kappa shape index (κ1) is 31.1. The van der Waals surface area contributed by atoms with E-state index < -0.39 is 23.0 Å². The molecule has 2 N–H and O–H groups in total. The molecule has 0 spiro atoms. The number of methoxy groups -OCH3 is 1. The maximum Gasteiger partial charge on any atom is 0.257 e. The topological polar surface area (TPSA) is 137 Å². The summed E-state index contributed by atoms with van der Waals surface area (Å²) in [5, 5.41) is 5.56. The van der Waals surface area contributed by atoms with Crippen molar-refractivity contribution in [3.63, 3.8) is 0 Å². The van der Waals surface area contributed by atoms with Crippen LogP contribution in [0.25, 0.3) is 11.0 Å². The number of nitrogens with one attached hydrogen (secondary N) is 2. The molecule has 0 atom stereocenters. The van der Waals surface area contributed by atoms with E-state index in [2.05, 4.69) is 30.5 Å². The van der Waals surface area contributed by atoms with E-state index in [1.165, 1.54) is 37.7 Å². The third-order valence-electron chi connectivity index (χ3n) is 8.04. The lowest BCUT2D eigenvalue weighted by molar-refractivity contribution is -0.131. The maximum absolute atomic E-state index is 13.2. The normalized spacial score (nSPS) is 15.6. The Hall–Kier alpha value is -4.88. The highest BCUT2D eigenvalue weighted by molar-refractivity contribution is 6.16. The molecule has 2 aromatic heterocycles. The molecule has 240 valence electrons. The standard InChI is InChI=1S/C33H35FN6O6/c1-21-18-24(38-32(42)33(10-11-33)31(41)37-23-6-4-22(34)5-7-23)8-9-26(21)46-30-28-25(35-20-36-30)19-27(29(39-28)43-2)45-15-3-12-40-13-16-44-17-14-40/h4-9,18-20H,3,10-17H2,1-2H3,(H,37,41)(H,38,42). The van der Waals surface area contributed by atoms with E-state index in [-0.39, 0.29) is 5.88 Å². The Bertz CT molecular complexity index is 1730. The largest absolute Gasteiger partial charge is 0.488 e. The lowest BCUT2D eigenvalue weighted by Crippen LogP contribution is -2.37. The molecule has 0 radical (unpaired) electrons. The van der Waals surface area contributed by atoms with E-state index in [0.717, 1.165) is 44.8 Å². The van der Waals surface area contributed by atoms with Gasteiger partial charge in [0.25, 0.3) is 5.88 Å². The molecule has 0 unspecified atom stereocenters. The number of benzene rings is 2. The third-order valence-corrected chi connectivity index (χ3v) is 8.04. The van der Waals surface area contributed by atoms with Crippen molar-refractivity contribution >= 4 is 34.2 Å². The average Bonchev–Trinajstić information content (AvgIpc) is 3.88. The van der Waals surface area contributed by atoms with E-state index >= 15 is 0 Å². The summed E-state index contributed by atoms with van der Waals surface area (Å²) in [4.78, 5) is 41.7. The minimum Gasteiger partial charge on any atom is -0.488 e. The van der Waals surface area contributed by atoms with E-state index in [1.807, 2.05) is 6.92 Å². The summed E-state index contributed by atoms with van der Waals surface area (Å²) in [5.41, 5.74) is 1.42. The van der Waals surface area contributed by atoms with Crippen LogP contribution in [-0.4, -0.2) is 78.2 Å². The zero-order chi connectivity index (χ0) is 32.1. The molecule has 1 aliphatic heterocycles. The van der Waals surface area contributed by atoms with Gasteiger partial charge in [0.1, 0.15) is 28.8 Å². The molecule has 4 aromatic rings. The fourth-order valence-electron chi connectivity index (χ4n) is 5.21. The van der Waals surface area contributed by atoms with Crippen LogP contribution in [0.3, 0.4) is 0 Å². The van der Waals surface area contributed by atoms with E-state index in [9.17, 15) is 14.0 Å². The van der Waals surface area contributed by atoms with Crippen molar-refractivity contribution in [1.29, 1.82) is 0 Å². The van der Waals surface area contributed by atoms with Gasteiger partial charge in [-0.1, -0.05) is 0 Å². The second kappa shape index (κ2) is 13.6. The second-order valence-electron chi connectivity index (χ2n) is 11.3. The predicted molar refractivity (Wildman–Crippen MR) is 168 cm³/mol. The van der Waals surface area contributed by atoms with Crippen molar-refractivity contribution in [2.75, 3.05) is 57.2 Å². The first-order valence-corrected chi connectivity index (χ1v) is 15.1. The second-order valence-corrected chi connectivity index (χ2v) is 11.3. The van der Waals surface area contributed by atoms with E-state index in [4.69, 9.17) is 18.9 Å². The molecular formula is C33H35FN6O6. The molecule has 2 aliphatic rings. The van der Waals surface area contributed by atoms with Crippen LogP contribution < -0.4 is 24.8 Å². The Morgan fingerprint density at radius 3 is 2.37 bits per heavy atom. The van der Waals surface area contributed by atoms with Gasteiger partial charge in [0.15, 0.2) is 11.3 Å². The highest BCUT2D eigenvalue weighted by Gasteiger charge is 2.56. The number of aromatic nitrogens is 3. The van der Waals surface area contributed by atoms with Crippen LogP contribution in [0.4, 0.5) is 15.8 Å². The van der Waals surface area contributed by atoms with Gasteiger partial charge in [-0.15, -0.1) is 0 Å². The molecule has 6 rings (SSSR count). The van der Waals surface area contributed by atoms with Crippen LogP contribution in [0.15, 0.2) is 54.9 Å². The van der Waals surface area contributed by atoms with Crippen LogP contribution in [0, 0.1) is 18.2 Å². The van der Waals surface area contributed by atoms with Gasteiger partial charge in [-0.05, 0) is 74.2 Å². The summed E-state index contributed by atoms with van der Waals surface area (Å²) < 4.78 is 36.3. The summed E-state index contributed by atoms with van der Waals surface area (Å²) in [6.07, 6.45) is 3.08. The Kier molecular flexibility index (Phi) is 9.22. The number of hydrogen-bond donors (Lipinski definition) is 2. The summed E-state index contributed by atoms with van der Waals surface area (Å²) in [5.74, 6) is 0.275. The molecule has 0 bridgehead atoms. The minimum atomic E-state index is -1.17. The molecule has 12 nitrogen and oxygen atoms in total. The molecule has 1 aliphatic carbocycles. The molecule has 3 heterocycles. The van der Waals surface area contributed by atoms with Crippen molar-refractivity contribution in [3.05, 3.63) is 66.2 Å². The average molecular weight is 631 g/mol. The number of carbonyl (C=O) groups is 2.